The lowest BCUT2D eigenvalue weighted by molar-refractivity contribution is 0.0980. The highest BCUT2D eigenvalue weighted by atomic mass is 16.3. The third-order valence-corrected chi connectivity index (χ3v) is 3.66. The summed E-state index contributed by atoms with van der Waals surface area (Å²) in [5.74, 6) is 1.14. The fourth-order valence-corrected chi connectivity index (χ4v) is 1.84. The van der Waals surface area contributed by atoms with Crippen LogP contribution in [-0.2, 0) is 0 Å². The summed E-state index contributed by atoms with van der Waals surface area (Å²) in [6.45, 7) is 10.9. The van der Waals surface area contributed by atoms with Crippen molar-refractivity contribution < 1.29 is 5.11 Å². The number of hydrogen-bond donors (Lipinski definition) is 2. The van der Waals surface area contributed by atoms with E-state index in [1.807, 2.05) is 0 Å². The van der Waals surface area contributed by atoms with Crippen molar-refractivity contribution in [3.63, 3.8) is 0 Å². The smallest absolute Gasteiger partial charge is 0.0705 e. The van der Waals surface area contributed by atoms with Gasteiger partial charge in [-0.05, 0) is 23.7 Å². The van der Waals surface area contributed by atoms with Gasteiger partial charge in [0.15, 0.2) is 0 Å². The first kappa shape index (κ1) is 11.0. The maximum atomic E-state index is 9.67. The number of β-amino-alcohol motifs (C(OH)–C–C–N with tert-alkyl or cyclic N) is 1. The summed E-state index contributed by atoms with van der Waals surface area (Å²) in [6, 6.07) is 0. The van der Waals surface area contributed by atoms with Crippen molar-refractivity contribution in [1.82, 2.24) is 5.32 Å². The standard InChI is InChI=1S/C11H23NO/c1-8(2)11(3,4)5-9-6-12-7-10(9)13/h8-10,12-13H,5-7H2,1-4H3. The molecule has 1 saturated heterocycles. The Morgan fingerprint density at radius 2 is 2.00 bits per heavy atom. The molecule has 13 heavy (non-hydrogen) atoms. The highest BCUT2D eigenvalue weighted by molar-refractivity contribution is 4.86. The van der Waals surface area contributed by atoms with E-state index in [1.165, 1.54) is 0 Å². The Bertz CT molecular complexity index is 165. The van der Waals surface area contributed by atoms with Crippen LogP contribution in [-0.4, -0.2) is 24.3 Å². The van der Waals surface area contributed by atoms with Crippen LogP contribution in [0.1, 0.15) is 34.1 Å². The third-order valence-electron chi connectivity index (χ3n) is 3.66. The number of aliphatic hydroxyl groups excluding tert-OH is 1. The minimum absolute atomic E-state index is 0.127. The number of rotatable bonds is 3. The molecule has 78 valence electrons. The van der Waals surface area contributed by atoms with E-state index in [0.29, 0.717) is 17.3 Å². The lowest BCUT2D eigenvalue weighted by Crippen LogP contribution is -2.28. The molecule has 1 aliphatic rings. The van der Waals surface area contributed by atoms with Crippen molar-refractivity contribution in [2.45, 2.75) is 40.2 Å². The van der Waals surface area contributed by atoms with Crippen LogP contribution >= 0.6 is 0 Å². The van der Waals surface area contributed by atoms with Crippen molar-refractivity contribution in [3.8, 4) is 0 Å². The molecule has 0 bridgehead atoms. The van der Waals surface area contributed by atoms with Crippen molar-refractivity contribution >= 4 is 0 Å². The molecule has 1 fully saturated rings. The average Bonchev–Trinajstić information content (AvgIpc) is 2.35. The Kier molecular flexibility index (Phi) is 3.36. The van der Waals surface area contributed by atoms with Gasteiger partial charge in [-0.3, -0.25) is 0 Å². The van der Waals surface area contributed by atoms with Crippen LogP contribution in [0.4, 0.5) is 0 Å². The highest BCUT2D eigenvalue weighted by Gasteiger charge is 2.32. The van der Waals surface area contributed by atoms with Crippen molar-refractivity contribution in [1.29, 1.82) is 0 Å². The van der Waals surface area contributed by atoms with Gasteiger partial charge in [-0.25, -0.2) is 0 Å². The van der Waals surface area contributed by atoms with Crippen LogP contribution < -0.4 is 5.32 Å². The van der Waals surface area contributed by atoms with Crippen LogP contribution in [0.3, 0.4) is 0 Å². The van der Waals surface area contributed by atoms with Crippen LogP contribution in [0, 0.1) is 17.3 Å². The molecule has 0 amide bonds. The summed E-state index contributed by atoms with van der Waals surface area (Å²) in [5.41, 5.74) is 0.345. The summed E-state index contributed by atoms with van der Waals surface area (Å²) in [4.78, 5) is 0. The lowest BCUT2D eigenvalue weighted by Gasteiger charge is -2.32. The second-order valence-corrected chi connectivity index (χ2v) is 5.33. The fourth-order valence-electron chi connectivity index (χ4n) is 1.84. The van der Waals surface area contributed by atoms with Crippen LogP contribution in [0.15, 0.2) is 0 Å². The molecule has 2 atom stereocenters. The summed E-state index contributed by atoms with van der Waals surface area (Å²) >= 11 is 0. The van der Waals surface area contributed by atoms with Gasteiger partial charge in [0.2, 0.25) is 0 Å². The Morgan fingerprint density at radius 1 is 1.38 bits per heavy atom. The van der Waals surface area contributed by atoms with Crippen LogP contribution in [0.2, 0.25) is 0 Å². The molecule has 0 aromatic rings. The summed E-state index contributed by atoms with van der Waals surface area (Å²) in [5, 5.41) is 12.9. The normalized spacial score (nSPS) is 30.0. The summed E-state index contributed by atoms with van der Waals surface area (Å²) in [6.07, 6.45) is 0.997. The predicted molar refractivity (Wildman–Crippen MR) is 55.6 cm³/mol. The third kappa shape index (κ3) is 2.68. The molecule has 0 aliphatic carbocycles. The van der Waals surface area contributed by atoms with Gasteiger partial charge in [0.1, 0.15) is 0 Å². The van der Waals surface area contributed by atoms with E-state index >= 15 is 0 Å². The van der Waals surface area contributed by atoms with Gasteiger partial charge in [-0.2, -0.15) is 0 Å². The Hall–Kier alpha value is -0.0800. The SMILES string of the molecule is CC(C)C(C)(C)CC1CNCC1O. The molecule has 2 unspecified atom stereocenters. The molecular formula is C11H23NO. The van der Waals surface area contributed by atoms with Gasteiger partial charge in [0.25, 0.3) is 0 Å². The minimum atomic E-state index is -0.127. The number of nitrogens with one attached hydrogen (secondary N) is 1. The zero-order valence-corrected chi connectivity index (χ0v) is 9.30. The predicted octanol–water partition coefficient (Wildman–Crippen LogP) is 1.64. The molecule has 0 spiro atoms. The first-order chi connectivity index (χ1) is 5.93. The van der Waals surface area contributed by atoms with Gasteiger partial charge >= 0.3 is 0 Å². The molecule has 0 radical (unpaired) electrons. The first-order valence-corrected chi connectivity index (χ1v) is 5.32. The monoisotopic (exact) mass is 185 g/mol. The van der Waals surface area contributed by atoms with E-state index in [9.17, 15) is 5.11 Å². The van der Waals surface area contributed by atoms with E-state index < -0.39 is 0 Å². The van der Waals surface area contributed by atoms with E-state index in [-0.39, 0.29) is 6.10 Å². The van der Waals surface area contributed by atoms with E-state index in [1.54, 1.807) is 0 Å². The molecule has 2 N–H and O–H groups in total. The van der Waals surface area contributed by atoms with Crippen LogP contribution in [0.5, 0.6) is 0 Å². The highest BCUT2D eigenvalue weighted by Crippen LogP contribution is 2.35. The molecule has 1 rings (SSSR count). The first-order valence-electron chi connectivity index (χ1n) is 5.32. The lowest BCUT2D eigenvalue weighted by atomic mass is 9.74. The second-order valence-electron chi connectivity index (χ2n) is 5.33. The van der Waals surface area contributed by atoms with Gasteiger partial charge in [0, 0.05) is 13.1 Å². The van der Waals surface area contributed by atoms with E-state index in [2.05, 4.69) is 33.0 Å². The molecule has 2 nitrogen and oxygen atoms in total. The molecule has 1 aliphatic heterocycles. The zero-order chi connectivity index (χ0) is 10.1. The maximum Gasteiger partial charge on any atom is 0.0705 e. The van der Waals surface area contributed by atoms with E-state index in [0.717, 1.165) is 19.5 Å². The van der Waals surface area contributed by atoms with Crippen molar-refractivity contribution in [2.75, 3.05) is 13.1 Å². The van der Waals surface area contributed by atoms with E-state index in [4.69, 9.17) is 0 Å². The molecular weight excluding hydrogens is 162 g/mol. The molecule has 2 heteroatoms. The Balaban J connectivity index is 2.47. The van der Waals surface area contributed by atoms with Crippen LogP contribution in [0.25, 0.3) is 0 Å². The van der Waals surface area contributed by atoms with Gasteiger partial charge < -0.3 is 10.4 Å². The van der Waals surface area contributed by atoms with Gasteiger partial charge in [-0.1, -0.05) is 27.7 Å². The van der Waals surface area contributed by atoms with Gasteiger partial charge in [-0.15, -0.1) is 0 Å². The molecule has 0 saturated carbocycles. The number of hydrogen-bond acceptors (Lipinski definition) is 2. The quantitative estimate of drug-likeness (QED) is 0.700. The Labute approximate surface area is 81.7 Å². The second kappa shape index (κ2) is 3.97. The van der Waals surface area contributed by atoms with Crippen molar-refractivity contribution in [2.24, 2.45) is 17.3 Å². The molecule has 0 aromatic carbocycles. The molecule has 0 aromatic heterocycles. The summed E-state index contributed by atoms with van der Waals surface area (Å²) in [7, 11) is 0. The topological polar surface area (TPSA) is 32.3 Å². The average molecular weight is 185 g/mol. The van der Waals surface area contributed by atoms with Crippen molar-refractivity contribution in [3.05, 3.63) is 0 Å². The number of aliphatic hydroxyl groups is 1. The molecule has 1 heterocycles. The fraction of sp³-hybridized carbons (Fsp3) is 1.00. The Morgan fingerprint density at radius 3 is 2.38 bits per heavy atom. The zero-order valence-electron chi connectivity index (χ0n) is 9.30. The minimum Gasteiger partial charge on any atom is -0.391 e. The largest absolute Gasteiger partial charge is 0.391 e. The maximum absolute atomic E-state index is 9.67. The summed E-state index contributed by atoms with van der Waals surface area (Å²) < 4.78 is 0. The van der Waals surface area contributed by atoms with Gasteiger partial charge in [0.05, 0.1) is 6.10 Å².